The zero-order chi connectivity index (χ0) is 11.8. The minimum atomic E-state index is 0.251. The molecule has 2 aromatic rings. The third kappa shape index (κ3) is 1.62. The number of aromatic amines is 1. The maximum absolute atomic E-state index is 11.8. The number of H-pyrrole nitrogens is 1. The fraction of sp³-hybridized carbons (Fsp3) is 0.357. The van der Waals surface area contributed by atoms with E-state index >= 15 is 0 Å². The van der Waals surface area contributed by atoms with E-state index in [0.717, 1.165) is 19.5 Å². The second-order valence-electron chi connectivity index (χ2n) is 4.55. The summed E-state index contributed by atoms with van der Waals surface area (Å²) in [5.74, 6) is 0.251. The normalized spacial score (nSPS) is 15.0. The molecule has 0 atom stereocenters. The first-order valence-corrected chi connectivity index (χ1v) is 6.16. The highest BCUT2D eigenvalue weighted by Gasteiger charge is 2.22. The molecule has 1 aromatic heterocycles. The van der Waals surface area contributed by atoms with Crippen LogP contribution in [0.4, 0.5) is 0 Å². The Hall–Kier alpha value is -1.77. The molecule has 1 aliphatic rings. The monoisotopic (exact) mass is 228 g/mol. The van der Waals surface area contributed by atoms with Gasteiger partial charge in [-0.05, 0) is 6.07 Å². The SMILES string of the molecule is CCC(=O)N1CCc2[nH]c3ccccc3c2C1. The molecular formula is C14H16N2O. The van der Waals surface area contributed by atoms with Crippen LogP contribution in [0.15, 0.2) is 24.3 Å². The van der Waals surface area contributed by atoms with Gasteiger partial charge in [0.1, 0.15) is 0 Å². The number of aromatic nitrogens is 1. The Morgan fingerprint density at radius 3 is 3.06 bits per heavy atom. The molecule has 0 aliphatic carbocycles. The summed E-state index contributed by atoms with van der Waals surface area (Å²) in [6.45, 7) is 3.52. The number of nitrogens with zero attached hydrogens (tertiary/aromatic N) is 1. The van der Waals surface area contributed by atoms with Crippen LogP contribution >= 0.6 is 0 Å². The van der Waals surface area contributed by atoms with E-state index in [0.29, 0.717) is 6.42 Å². The van der Waals surface area contributed by atoms with Crippen molar-refractivity contribution in [3.63, 3.8) is 0 Å². The average Bonchev–Trinajstić information content (AvgIpc) is 2.75. The molecule has 1 aromatic carbocycles. The van der Waals surface area contributed by atoms with Crippen molar-refractivity contribution in [3.05, 3.63) is 35.5 Å². The maximum Gasteiger partial charge on any atom is 0.222 e. The van der Waals surface area contributed by atoms with Gasteiger partial charge in [-0.2, -0.15) is 0 Å². The van der Waals surface area contributed by atoms with Crippen molar-refractivity contribution in [2.75, 3.05) is 6.54 Å². The average molecular weight is 228 g/mol. The van der Waals surface area contributed by atoms with Gasteiger partial charge in [-0.25, -0.2) is 0 Å². The third-order valence-corrected chi connectivity index (χ3v) is 3.54. The third-order valence-electron chi connectivity index (χ3n) is 3.54. The minimum Gasteiger partial charge on any atom is -0.358 e. The molecule has 0 saturated heterocycles. The molecule has 3 heteroatoms. The van der Waals surface area contributed by atoms with E-state index in [9.17, 15) is 4.79 Å². The number of nitrogens with one attached hydrogen (secondary N) is 1. The quantitative estimate of drug-likeness (QED) is 0.799. The molecule has 1 aliphatic heterocycles. The van der Waals surface area contributed by atoms with Gasteiger partial charge in [0.05, 0.1) is 0 Å². The van der Waals surface area contributed by atoms with Crippen LogP contribution < -0.4 is 0 Å². The van der Waals surface area contributed by atoms with Crippen LogP contribution in [0, 0.1) is 0 Å². The number of fused-ring (bicyclic) bond motifs is 3. The molecule has 0 unspecified atom stereocenters. The van der Waals surface area contributed by atoms with Crippen LogP contribution in [-0.2, 0) is 17.8 Å². The van der Waals surface area contributed by atoms with E-state index in [1.54, 1.807) is 0 Å². The fourth-order valence-corrected chi connectivity index (χ4v) is 2.60. The van der Waals surface area contributed by atoms with E-state index in [2.05, 4.69) is 23.2 Å². The van der Waals surface area contributed by atoms with Crippen LogP contribution in [0.25, 0.3) is 10.9 Å². The Morgan fingerprint density at radius 1 is 1.41 bits per heavy atom. The predicted molar refractivity (Wildman–Crippen MR) is 67.7 cm³/mol. The number of para-hydroxylation sites is 1. The zero-order valence-electron chi connectivity index (χ0n) is 9.99. The van der Waals surface area contributed by atoms with E-state index in [4.69, 9.17) is 0 Å². The van der Waals surface area contributed by atoms with Gasteiger partial charge in [0.2, 0.25) is 5.91 Å². The topological polar surface area (TPSA) is 36.1 Å². The number of hydrogen-bond acceptors (Lipinski definition) is 1. The Labute approximate surface area is 100 Å². The Balaban J connectivity index is 2.03. The Morgan fingerprint density at radius 2 is 2.24 bits per heavy atom. The van der Waals surface area contributed by atoms with Crippen molar-refractivity contribution in [2.45, 2.75) is 26.3 Å². The van der Waals surface area contributed by atoms with Crippen molar-refractivity contribution < 1.29 is 4.79 Å². The second kappa shape index (κ2) is 3.91. The summed E-state index contributed by atoms with van der Waals surface area (Å²) in [6.07, 6.45) is 1.54. The molecule has 0 spiro atoms. The highest BCUT2D eigenvalue weighted by Crippen LogP contribution is 2.27. The highest BCUT2D eigenvalue weighted by molar-refractivity contribution is 5.86. The molecule has 1 amide bonds. The van der Waals surface area contributed by atoms with Crippen LogP contribution in [0.1, 0.15) is 24.6 Å². The maximum atomic E-state index is 11.8. The highest BCUT2D eigenvalue weighted by atomic mass is 16.2. The summed E-state index contributed by atoms with van der Waals surface area (Å²) in [7, 11) is 0. The number of benzene rings is 1. The zero-order valence-corrected chi connectivity index (χ0v) is 9.99. The standard InChI is InChI=1S/C14H16N2O/c1-2-14(17)16-8-7-13-11(9-16)10-5-3-4-6-12(10)15-13/h3-6,15H,2,7-9H2,1H3. The Bertz CT molecular complexity index is 571. The summed E-state index contributed by atoms with van der Waals surface area (Å²) < 4.78 is 0. The van der Waals surface area contributed by atoms with Gasteiger partial charge in [0.15, 0.2) is 0 Å². The molecule has 88 valence electrons. The predicted octanol–water partition coefficient (Wildman–Crippen LogP) is 2.46. The molecule has 17 heavy (non-hydrogen) atoms. The summed E-state index contributed by atoms with van der Waals surface area (Å²) in [5.41, 5.74) is 3.78. The first-order chi connectivity index (χ1) is 8.29. The van der Waals surface area contributed by atoms with Crippen LogP contribution in [0.2, 0.25) is 0 Å². The molecule has 1 N–H and O–H groups in total. The van der Waals surface area contributed by atoms with Gasteiger partial charge >= 0.3 is 0 Å². The van der Waals surface area contributed by atoms with Crippen LogP contribution in [-0.4, -0.2) is 22.3 Å². The first kappa shape index (κ1) is 10.4. The number of carbonyl (C=O) groups excluding carboxylic acids is 1. The molecule has 3 nitrogen and oxygen atoms in total. The van der Waals surface area contributed by atoms with E-state index in [1.807, 2.05) is 17.9 Å². The van der Waals surface area contributed by atoms with Crippen molar-refractivity contribution in [1.82, 2.24) is 9.88 Å². The molecule has 0 radical (unpaired) electrons. The fourth-order valence-electron chi connectivity index (χ4n) is 2.60. The molecule has 2 heterocycles. The largest absolute Gasteiger partial charge is 0.358 e. The van der Waals surface area contributed by atoms with Gasteiger partial charge in [0.25, 0.3) is 0 Å². The number of carbonyl (C=O) groups is 1. The van der Waals surface area contributed by atoms with E-state index < -0.39 is 0 Å². The lowest BCUT2D eigenvalue weighted by Gasteiger charge is -2.26. The molecular weight excluding hydrogens is 212 g/mol. The molecule has 0 saturated carbocycles. The van der Waals surface area contributed by atoms with Crippen molar-refractivity contribution >= 4 is 16.8 Å². The summed E-state index contributed by atoms with van der Waals surface area (Å²) in [4.78, 5) is 17.2. The lowest BCUT2D eigenvalue weighted by atomic mass is 10.0. The van der Waals surface area contributed by atoms with Gasteiger partial charge in [-0.3, -0.25) is 4.79 Å². The van der Waals surface area contributed by atoms with Gasteiger partial charge in [-0.1, -0.05) is 25.1 Å². The molecule has 0 fully saturated rings. The number of amides is 1. The van der Waals surface area contributed by atoms with Crippen molar-refractivity contribution in [3.8, 4) is 0 Å². The second-order valence-corrected chi connectivity index (χ2v) is 4.55. The first-order valence-electron chi connectivity index (χ1n) is 6.16. The summed E-state index contributed by atoms with van der Waals surface area (Å²) in [5, 5.41) is 1.26. The van der Waals surface area contributed by atoms with Crippen molar-refractivity contribution in [2.24, 2.45) is 0 Å². The molecule has 3 rings (SSSR count). The lowest BCUT2D eigenvalue weighted by molar-refractivity contribution is -0.131. The van der Waals surface area contributed by atoms with Gasteiger partial charge < -0.3 is 9.88 Å². The number of rotatable bonds is 1. The van der Waals surface area contributed by atoms with Gasteiger partial charge in [-0.15, -0.1) is 0 Å². The lowest BCUT2D eigenvalue weighted by Crippen LogP contribution is -2.35. The van der Waals surface area contributed by atoms with E-state index in [1.165, 1.54) is 22.2 Å². The molecule has 0 bridgehead atoms. The Kier molecular flexibility index (Phi) is 2.39. The van der Waals surface area contributed by atoms with Gasteiger partial charge in [0, 0.05) is 48.1 Å². The van der Waals surface area contributed by atoms with Crippen LogP contribution in [0.5, 0.6) is 0 Å². The van der Waals surface area contributed by atoms with E-state index in [-0.39, 0.29) is 5.91 Å². The van der Waals surface area contributed by atoms with Crippen molar-refractivity contribution in [1.29, 1.82) is 0 Å². The number of hydrogen-bond donors (Lipinski definition) is 1. The summed E-state index contributed by atoms with van der Waals surface area (Å²) in [6, 6.07) is 8.32. The minimum absolute atomic E-state index is 0.251. The summed E-state index contributed by atoms with van der Waals surface area (Å²) >= 11 is 0. The smallest absolute Gasteiger partial charge is 0.222 e. The van der Waals surface area contributed by atoms with Crippen LogP contribution in [0.3, 0.4) is 0 Å².